The van der Waals surface area contributed by atoms with E-state index >= 15 is 0 Å². The molecule has 1 atom stereocenters. The van der Waals surface area contributed by atoms with Gasteiger partial charge in [-0.3, -0.25) is 4.79 Å². The van der Waals surface area contributed by atoms with Gasteiger partial charge in [-0.2, -0.15) is 0 Å². The predicted octanol–water partition coefficient (Wildman–Crippen LogP) is 1.07. The van der Waals surface area contributed by atoms with Crippen molar-refractivity contribution in [1.82, 2.24) is 5.32 Å². The fraction of sp³-hybridized carbons (Fsp3) is 0.500. The van der Waals surface area contributed by atoms with Crippen LogP contribution in [0.4, 0.5) is 0 Å². The highest BCUT2D eigenvalue weighted by atomic mass is 32.2. The standard InChI is InChI=1S/C14H18N2O4S/c15-21(18,19)10-3-4-13-11(8-10)12(5-6-20-13)16-14(17)7-9-1-2-9/h3-4,8-9,12H,1-2,5-7H2,(H,16,17)(H2,15,18,19). The van der Waals surface area contributed by atoms with Crippen molar-refractivity contribution in [3.8, 4) is 5.75 Å². The number of nitrogens with two attached hydrogens (primary N) is 1. The minimum Gasteiger partial charge on any atom is -0.493 e. The quantitative estimate of drug-likeness (QED) is 0.869. The van der Waals surface area contributed by atoms with E-state index in [-0.39, 0.29) is 16.8 Å². The highest BCUT2D eigenvalue weighted by molar-refractivity contribution is 7.89. The summed E-state index contributed by atoms with van der Waals surface area (Å²) in [6.07, 6.45) is 3.40. The van der Waals surface area contributed by atoms with Gasteiger partial charge in [-0.15, -0.1) is 0 Å². The summed E-state index contributed by atoms with van der Waals surface area (Å²) >= 11 is 0. The maximum absolute atomic E-state index is 12.0. The van der Waals surface area contributed by atoms with Gasteiger partial charge in [0.1, 0.15) is 5.75 Å². The molecule has 6 nitrogen and oxygen atoms in total. The van der Waals surface area contributed by atoms with Crippen molar-refractivity contribution in [3.05, 3.63) is 23.8 Å². The van der Waals surface area contributed by atoms with Crippen molar-refractivity contribution >= 4 is 15.9 Å². The highest BCUT2D eigenvalue weighted by Gasteiger charge is 2.28. The average Bonchev–Trinajstić information content (AvgIpc) is 3.21. The Balaban J connectivity index is 1.83. The van der Waals surface area contributed by atoms with Gasteiger partial charge in [0.15, 0.2) is 0 Å². The molecule has 0 radical (unpaired) electrons. The van der Waals surface area contributed by atoms with Crippen LogP contribution in [-0.2, 0) is 14.8 Å². The van der Waals surface area contributed by atoms with Gasteiger partial charge in [-0.25, -0.2) is 13.6 Å². The molecule has 3 rings (SSSR count). The first-order valence-electron chi connectivity index (χ1n) is 7.02. The maximum atomic E-state index is 12.0. The number of rotatable bonds is 4. The third kappa shape index (κ3) is 3.36. The lowest BCUT2D eigenvalue weighted by atomic mass is 10.0. The second-order valence-electron chi connectivity index (χ2n) is 5.65. The third-order valence-corrected chi connectivity index (χ3v) is 4.77. The van der Waals surface area contributed by atoms with E-state index in [9.17, 15) is 13.2 Å². The van der Waals surface area contributed by atoms with E-state index in [0.29, 0.717) is 36.7 Å². The second-order valence-corrected chi connectivity index (χ2v) is 7.21. The molecule has 1 aliphatic carbocycles. The summed E-state index contributed by atoms with van der Waals surface area (Å²) in [7, 11) is -3.77. The summed E-state index contributed by atoms with van der Waals surface area (Å²) in [5.74, 6) is 1.13. The maximum Gasteiger partial charge on any atom is 0.238 e. The number of nitrogens with one attached hydrogen (secondary N) is 1. The minimum atomic E-state index is -3.77. The van der Waals surface area contributed by atoms with Crippen LogP contribution < -0.4 is 15.2 Å². The zero-order valence-corrected chi connectivity index (χ0v) is 12.4. The van der Waals surface area contributed by atoms with Gasteiger partial charge in [0.2, 0.25) is 15.9 Å². The number of fused-ring (bicyclic) bond motifs is 1. The summed E-state index contributed by atoms with van der Waals surface area (Å²) < 4.78 is 28.4. The summed E-state index contributed by atoms with van der Waals surface area (Å²) in [4.78, 5) is 12.0. The summed E-state index contributed by atoms with van der Waals surface area (Å²) in [6, 6.07) is 4.28. The number of sulfonamides is 1. The largest absolute Gasteiger partial charge is 0.493 e. The molecule has 7 heteroatoms. The first-order chi connectivity index (χ1) is 9.93. The molecule has 1 aliphatic heterocycles. The van der Waals surface area contributed by atoms with Gasteiger partial charge in [-0.1, -0.05) is 0 Å². The van der Waals surface area contributed by atoms with Gasteiger partial charge in [-0.05, 0) is 37.0 Å². The van der Waals surface area contributed by atoms with Gasteiger partial charge >= 0.3 is 0 Å². The number of carbonyl (C=O) groups excluding carboxylic acids is 1. The Labute approximate surface area is 123 Å². The molecule has 21 heavy (non-hydrogen) atoms. The number of amides is 1. The number of ether oxygens (including phenoxy) is 1. The first-order valence-corrected chi connectivity index (χ1v) is 8.57. The van der Waals surface area contributed by atoms with Crippen molar-refractivity contribution in [2.24, 2.45) is 11.1 Å². The van der Waals surface area contributed by atoms with Crippen molar-refractivity contribution in [2.45, 2.75) is 36.6 Å². The van der Waals surface area contributed by atoms with Crippen LogP contribution in [-0.4, -0.2) is 20.9 Å². The Hall–Kier alpha value is -1.60. The molecule has 1 fully saturated rings. The zero-order valence-electron chi connectivity index (χ0n) is 11.5. The van der Waals surface area contributed by atoms with E-state index in [0.717, 1.165) is 12.8 Å². The summed E-state index contributed by atoms with van der Waals surface area (Å²) in [5, 5.41) is 8.13. The van der Waals surface area contributed by atoms with Crippen molar-refractivity contribution in [1.29, 1.82) is 0 Å². The SMILES string of the molecule is NS(=O)(=O)c1ccc2c(c1)C(NC(=O)CC1CC1)CCO2. The highest BCUT2D eigenvalue weighted by Crippen LogP contribution is 2.35. The number of hydrogen-bond acceptors (Lipinski definition) is 4. The molecule has 1 aromatic carbocycles. The number of primary sulfonamides is 1. The van der Waals surface area contributed by atoms with E-state index in [1.807, 2.05) is 0 Å². The van der Waals surface area contributed by atoms with Crippen LogP contribution in [0.15, 0.2) is 23.1 Å². The topological polar surface area (TPSA) is 98.5 Å². The van der Waals surface area contributed by atoms with Crippen molar-refractivity contribution in [3.63, 3.8) is 0 Å². The van der Waals surface area contributed by atoms with Crippen LogP contribution in [0.1, 0.15) is 37.3 Å². The number of carbonyl (C=O) groups is 1. The Kier molecular flexibility index (Phi) is 3.62. The molecular formula is C14H18N2O4S. The molecule has 0 saturated heterocycles. The predicted molar refractivity (Wildman–Crippen MR) is 76.2 cm³/mol. The lowest BCUT2D eigenvalue weighted by Crippen LogP contribution is -2.32. The zero-order chi connectivity index (χ0) is 15.0. The van der Waals surface area contributed by atoms with Crippen LogP contribution in [0, 0.1) is 5.92 Å². The van der Waals surface area contributed by atoms with Crippen LogP contribution in [0.3, 0.4) is 0 Å². The van der Waals surface area contributed by atoms with E-state index in [4.69, 9.17) is 9.88 Å². The van der Waals surface area contributed by atoms with E-state index < -0.39 is 10.0 Å². The fourth-order valence-corrected chi connectivity index (χ4v) is 3.09. The third-order valence-electron chi connectivity index (χ3n) is 3.86. The lowest BCUT2D eigenvalue weighted by molar-refractivity contribution is -0.122. The molecule has 1 aromatic rings. The van der Waals surface area contributed by atoms with Crippen molar-refractivity contribution < 1.29 is 17.9 Å². The van der Waals surface area contributed by atoms with Gasteiger partial charge < -0.3 is 10.1 Å². The van der Waals surface area contributed by atoms with Gasteiger partial charge in [0.25, 0.3) is 0 Å². The molecule has 114 valence electrons. The van der Waals surface area contributed by atoms with Crippen molar-refractivity contribution in [2.75, 3.05) is 6.61 Å². The molecular weight excluding hydrogens is 292 g/mol. The molecule has 1 saturated carbocycles. The monoisotopic (exact) mass is 310 g/mol. The minimum absolute atomic E-state index is 0.0105. The summed E-state index contributed by atoms with van der Waals surface area (Å²) in [6.45, 7) is 0.496. The molecule has 1 unspecified atom stereocenters. The summed E-state index contributed by atoms with van der Waals surface area (Å²) in [5.41, 5.74) is 0.678. The molecule has 1 heterocycles. The molecule has 0 bridgehead atoms. The van der Waals surface area contributed by atoms with Crippen LogP contribution in [0.2, 0.25) is 0 Å². The lowest BCUT2D eigenvalue weighted by Gasteiger charge is -2.27. The van der Waals surface area contributed by atoms with E-state index in [2.05, 4.69) is 5.32 Å². The molecule has 0 spiro atoms. The molecule has 3 N–H and O–H groups in total. The Morgan fingerprint density at radius 3 is 2.76 bits per heavy atom. The van der Waals surface area contributed by atoms with E-state index in [1.165, 1.54) is 12.1 Å². The second kappa shape index (κ2) is 5.31. The Morgan fingerprint density at radius 1 is 1.33 bits per heavy atom. The molecule has 0 aromatic heterocycles. The van der Waals surface area contributed by atoms with E-state index in [1.54, 1.807) is 6.07 Å². The number of benzene rings is 1. The van der Waals surface area contributed by atoms with Gasteiger partial charge in [0, 0.05) is 18.4 Å². The first kappa shape index (κ1) is 14.3. The Morgan fingerprint density at radius 2 is 2.10 bits per heavy atom. The van der Waals surface area contributed by atoms with Gasteiger partial charge in [0.05, 0.1) is 17.5 Å². The Bertz CT molecular complexity index is 668. The molecule has 1 amide bonds. The smallest absolute Gasteiger partial charge is 0.238 e. The van der Waals surface area contributed by atoms with Crippen LogP contribution in [0.25, 0.3) is 0 Å². The van der Waals surface area contributed by atoms with Crippen LogP contribution in [0.5, 0.6) is 5.75 Å². The number of hydrogen-bond donors (Lipinski definition) is 2. The van der Waals surface area contributed by atoms with Crippen LogP contribution >= 0.6 is 0 Å². The fourth-order valence-electron chi connectivity index (χ4n) is 2.54. The average molecular weight is 310 g/mol. The molecule has 2 aliphatic rings. The normalized spacial score (nSPS) is 21.3.